The molecule has 0 aliphatic carbocycles. The first kappa shape index (κ1) is 14.0. The molecule has 0 fully saturated rings. The molecule has 1 aromatic carbocycles. The summed E-state index contributed by atoms with van der Waals surface area (Å²) in [5, 5.41) is 6.70. The molecule has 0 spiro atoms. The first-order valence-electron chi connectivity index (χ1n) is 6.68. The van der Waals surface area contributed by atoms with Crippen LogP contribution in [-0.2, 0) is 6.42 Å². The maximum atomic E-state index is 5.57. The van der Waals surface area contributed by atoms with E-state index in [9.17, 15) is 0 Å². The fourth-order valence-electron chi connectivity index (χ4n) is 2.07. The normalized spacial score (nSPS) is 12.3. The van der Waals surface area contributed by atoms with Crippen LogP contribution in [0, 0.1) is 0 Å². The van der Waals surface area contributed by atoms with Gasteiger partial charge in [0.05, 0.1) is 11.6 Å². The van der Waals surface area contributed by atoms with Crippen LogP contribution in [0.4, 0.5) is 0 Å². The molecule has 0 bridgehead atoms. The molecule has 1 heterocycles. The summed E-state index contributed by atoms with van der Waals surface area (Å²) in [6.07, 6.45) is 2.78. The number of rotatable bonds is 7. The van der Waals surface area contributed by atoms with E-state index in [0.717, 1.165) is 23.7 Å². The highest BCUT2D eigenvalue weighted by molar-refractivity contribution is 7.09. The van der Waals surface area contributed by atoms with Crippen molar-refractivity contribution in [2.75, 3.05) is 13.2 Å². The number of hydrogen-bond donors (Lipinski definition) is 1. The van der Waals surface area contributed by atoms with E-state index in [1.807, 2.05) is 30.6 Å². The van der Waals surface area contributed by atoms with Crippen molar-refractivity contribution in [1.29, 1.82) is 0 Å². The quantitative estimate of drug-likeness (QED) is 0.841. The zero-order valence-electron chi connectivity index (χ0n) is 11.4. The highest BCUT2D eigenvalue weighted by atomic mass is 32.1. The van der Waals surface area contributed by atoms with Crippen molar-refractivity contribution in [2.45, 2.75) is 26.3 Å². The Labute approximate surface area is 118 Å². The lowest BCUT2D eigenvalue weighted by atomic mass is 10.0. The third-order valence-electron chi connectivity index (χ3n) is 2.88. The van der Waals surface area contributed by atoms with Gasteiger partial charge < -0.3 is 10.1 Å². The van der Waals surface area contributed by atoms with Crippen molar-refractivity contribution >= 4 is 11.3 Å². The number of hydrogen-bond acceptors (Lipinski definition) is 4. The van der Waals surface area contributed by atoms with Gasteiger partial charge in [0.1, 0.15) is 5.75 Å². The van der Waals surface area contributed by atoms with Crippen LogP contribution in [0.1, 0.15) is 30.5 Å². The molecule has 0 aliphatic rings. The highest BCUT2D eigenvalue weighted by Gasteiger charge is 2.13. The summed E-state index contributed by atoms with van der Waals surface area (Å²) < 4.78 is 5.57. The first-order valence-corrected chi connectivity index (χ1v) is 7.56. The lowest BCUT2D eigenvalue weighted by Crippen LogP contribution is -2.22. The molecule has 1 N–H and O–H groups in total. The molecule has 0 radical (unpaired) electrons. The summed E-state index contributed by atoms with van der Waals surface area (Å²) in [4.78, 5) is 4.37. The molecule has 1 atom stereocenters. The zero-order valence-corrected chi connectivity index (χ0v) is 12.2. The van der Waals surface area contributed by atoms with Crippen molar-refractivity contribution in [3.63, 3.8) is 0 Å². The molecule has 1 aromatic heterocycles. The van der Waals surface area contributed by atoms with Crippen LogP contribution in [0.15, 0.2) is 35.8 Å². The van der Waals surface area contributed by atoms with Crippen LogP contribution in [0.25, 0.3) is 0 Å². The summed E-state index contributed by atoms with van der Waals surface area (Å²) in [6, 6.07) is 8.59. The Morgan fingerprint density at radius 1 is 1.37 bits per heavy atom. The lowest BCUT2D eigenvalue weighted by molar-refractivity contribution is 0.339. The standard InChI is InChI=1S/C15H20N2OS/c1-3-16-14(11-15-17-8-9-19-15)12-6-5-7-13(10-12)18-4-2/h5-10,14,16H,3-4,11H2,1-2H3. The van der Waals surface area contributed by atoms with Gasteiger partial charge in [0, 0.05) is 24.0 Å². The van der Waals surface area contributed by atoms with Gasteiger partial charge in [0.2, 0.25) is 0 Å². The van der Waals surface area contributed by atoms with Gasteiger partial charge >= 0.3 is 0 Å². The molecule has 2 rings (SSSR count). The number of nitrogens with zero attached hydrogens (tertiary/aromatic N) is 1. The van der Waals surface area contributed by atoms with E-state index in [0.29, 0.717) is 6.61 Å². The molecule has 0 saturated heterocycles. The smallest absolute Gasteiger partial charge is 0.119 e. The van der Waals surface area contributed by atoms with E-state index in [-0.39, 0.29) is 6.04 Å². The maximum absolute atomic E-state index is 5.57. The number of ether oxygens (including phenoxy) is 1. The van der Waals surface area contributed by atoms with Gasteiger partial charge in [-0.05, 0) is 31.2 Å². The van der Waals surface area contributed by atoms with Crippen LogP contribution >= 0.6 is 11.3 Å². The Balaban J connectivity index is 2.15. The molecule has 0 saturated carbocycles. The van der Waals surface area contributed by atoms with E-state index in [4.69, 9.17) is 4.74 Å². The maximum Gasteiger partial charge on any atom is 0.119 e. The second-order valence-corrected chi connectivity index (χ2v) is 5.22. The summed E-state index contributed by atoms with van der Waals surface area (Å²) in [5.41, 5.74) is 1.25. The third-order valence-corrected chi connectivity index (χ3v) is 3.69. The third kappa shape index (κ3) is 4.04. The monoisotopic (exact) mass is 276 g/mol. The molecule has 102 valence electrons. The summed E-state index contributed by atoms with van der Waals surface area (Å²) in [7, 11) is 0. The van der Waals surface area contributed by atoms with Gasteiger partial charge in [-0.25, -0.2) is 4.98 Å². The van der Waals surface area contributed by atoms with Gasteiger partial charge in [-0.15, -0.1) is 11.3 Å². The van der Waals surface area contributed by atoms with Gasteiger partial charge in [-0.1, -0.05) is 19.1 Å². The van der Waals surface area contributed by atoms with Crippen molar-refractivity contribution in [3.8, 4) is 5.75 Å². The topological polar surface area (TPSA) is 34.2 Å². The summed E-state index contributed by atoms with van der Waals surface area (Å²) >= 11 is 1.70. The fourth-order valence-corrected chi connectivity index (χ4v) is 2.73. The molecule has 0 aliphatic heterocycles. The van der Waals surface area contributed by atoms with Crippen LogP contribution < -0.4 is 10.1 Å². The Morgan fingerprint density at radius 2 is 2.26 bits per heavy atom. The molecular weight excluding hydrogens is 256 g/mol. The lowest BCUT2D eigenvalue weighted by Gasteiger charge is -2.18. The average molecular weight is 276 g/mol. The Kier molecular flexibility index (Phi) is 5.36. The number of benzene rings is 1. The molecule has 4 heteroatoms. The van der Waals surface area contributed by atoms with E-state index in [2.05, 4.69) is 29.4 Å². The summed E-state index contributed by atoms with van der Waals surface area (Å²) in [6.45, 7) is 5.77. The average Bonchev–Trinajstić information content (AvgIpc) is 2.92. The number of thiazole rings is 1. The Morgan fingerprint density at radius 3 is 2.95 bits per heavy atom. The van der Waals surface area contributed by atoms with Crippen molar-refractivity contribution in [1.82, 2.24) is 10.3 Å². The predicted molar refractivity (Wildman–Crippen MR) is 79.8 cm³/mol. The predicted octanol–water partition coefficient (Wildman–Crippen LogP) is 3.44. The van der Waals surface area contributed by atoms with Crippen LogP contribution in [0.5, 0.6) is 5.75 Å². The second-order valence-electron chi connectivity index (χ2n) is 4.25. The summed E-state index contributed by atoms with van der Waals surface area (Å²) in [5.74, 6) is 0.932. The number of nitrogens with one attached hydrogen (secondary N) is 1. The van der Waals surface area contributed by atoms with Gasteiger partial charge in [0.25, 0.3) is 0 Å². The Bertz CT molecular complexity index is 485. The molecule has 3 nitrogen and oxygen atoms in total. The van der Waals surface area contributed by atoms with Crippen LogP contribution in [-0.4, -0.2) is 18.1 Å². The molecular formula is C15H20N2OS. The van der Waals surface area contributed by atoms with E-state index in [1.165, 1.54) is 5.56 Å². The number of aromatic nitrogens is 1. The second kappa shape index (κ2) is 7.26. The Hall–Kier alpha value is -1.39. The van der Waals surface area contributed by atoms with Crippen molar-refractivity contribution in [3.05, 3.63) is 46.4 Å². The van der Waals surface area contributed by atoms with Crippen molar-refractivity contribution in [2.24, 2.45) is 0 Å². The van der Waals surface area contributed by atoms with Gasteiger partial charge in [-0.2, -0.15) is 0 Å². The zero-order chi connectivity index (χ0) is 13.5. The van der Waals surface area contributed by atoms with Gasteiger partial charge in [-0.3, -0.25) is 0 Å². The van der Waals surface area contributed by atoms with E-state index >= 15 is 0 Å². The molecule has 19 heavy (non-hydrogen) atoms. The van der Waals surface area contributed by atoms with E-state index < -0.39 is 0 Å². The minimum absolute atomic E-state index is 0.288. The van der Waals surface area contributed by atoms with Crippen LogP contribution in [0.2, 0.25) is 0 Å². The fraction of sp³-hybridized carbons (Fsp3) is 0.400. The first-order chi connectivity index (χ1) is 9.33. The van der Waals surface area contributed by atoms with Gasteiger partial charge in [0.15, 0.2) is 0 Å². The minimum atomic E-state index is 0.288. The molecule has 1 unspecified atom stereocenters. The highest BCUT2D eigenvalue weighted by Crippen LogP contribution is 2.23. The van der Waals surface area contributed by atoms with Crippen molar-refractivity contribution < 1.29 is 4.74 Å². The molecule has 0 amide bonds. The SMILES string of the molecule is CCNC(Cc1nccs1)c1cccc(OCC)c1. The van der Waals surface area contributed by atoms with E-state index in [1.54, 1.807) is 11.3 Å². The minimum Gasteiger partial charge on any atom is -0.494 e. The largest absolute Gasteiger partial charge is 0.494 e. The van der Waals surface area contributed by atoms with Crippen LogP contribution in [0.3, 0.4) is 0 Å². The number of likely N-dealkylation sites (N-methyl/N-ethyl adjacent to an activating group) is 1. The molecule has 2 aromatic rings.